The van der Waals surface area contributed by atoms with Crippen LogP contribution in [0.4, 0.5) is 0 Å². The van der Waals surface area contributed by atoms with Gasteiger partial charge in [0, 0.05) is 6.92 Å². The van der Waals surface area contributed by atoms with Crippen LogP contribution in [0.15, 0.2) is 0 Å². The molecule has 0 aromatic rings. The van der Waals surface area contributed by atoms with E-state index < -0.39 is 0 Å². The number of ether oxygens (including phenoxy) is 8. The average molecular weight is 411 g/mol. The maximum Gasteiger partial charge on any atom is 0.302 e. The maximum atomic E-state index is 10.5. The highest BCUT2D eigenvalue weighted by Gasteiger charge is 1.96. The summed E-state index contributed by atoms with van der Waals surface area (Å²) < 4.78 is 42.2. The van der Waals surface area contributed by atoms with Gasteiger partial charge in [0.15, 0.2) is 0 Å². The van der Waals surface area contributed by atoms with Gasteiger partial charge in [0.2, 0.25) is 0 Å². The summed E-state index contributed by atoms with van der Waals surface area (Å²) in [6.07, 6.45) is 0.235. The predicted octanol–water partition coefficient (Wildman–Crippen LogP) is 1.07. The number of hydrogen-bond acceptors (Lipinski definition) is 9. The van der Waals surface area contributed by atoms with Crippen LogP contribution in [0.25, 0.3) is 0 Å². The van der Waals surface area contributed by atoms with Gasteiger partial charge in [-0.1, -0.05) is 0 Å². The molecule has 0 unspecified atom stereocenters. The van der Waals surface area contributed by atoms with Gasteiger partial charge in [-0.2, -0.15) is 0 Å². The van der Waals surface area contributed by atoms with Crippen LogP contribution >= 0.6 is 0 Å². The van der Waals surface area contributed by atoms with E-state index in [1.165, 1.54) is 6.92 Å². The van der Waals surface area contributed by atoms with E-state index in [9.17, 15) is 4.79 Å². The molecule has 0 heterocycles. The highest BCUT2D eigenvalue weighted by molar-refractivity contribution is 5.65. The molecule has 0 amide bonds. The van der Waals surface area contributed by atoms with Gasteiger partial charge in [0.1, 0.15) is 6.61 Å². The minimum absolute atomic E-state index is 0.235. The number of hydrogen-bond donors (Lipinski definition) is 0. The van der Waals surface area contributed by atoms with Crippen LogP contribution in [-0.2, 0) is 42.7 Å². The first kappa shape index (κ1) is 27.2. The Morgan fingerprint density at radius 1 is 0.536 bits per heavy atom. The second kappa shape index (κ2) is 22.5. The number of rotatable bonds is 22. The molecule has 0 N–H and O–H groups in total. The fourth-order valence-electron chi connectivity index (χ4n) is 1.79. The lowest BCUT2D eigenvalue weighted by Crippen LogP contribution is -2.15. The van der Waals surface area contributed by atoms with E-state index in [1.807, 2.05) is 13.8 Å². The van der Waals surface area contributed by atoms with Crippen molar-refractivity contribution >= 4 is 5.97 Å². The summed E-state index contributed by atoms with van der Waals surface area (Å²) in [5, 5.41) is 0. The molecule has 0 saturated carbocycles. The van der Waals surface area contributed by atoms with Crippen molar-refractivity contribution in [3.05, 3.63) is 0 Å². The molecule has 0 bridgehead atoms. The molecule has 0 aliphatic carbocycles. The van der Waals surface area contributed by atoms with Crippen LogP contribution in [0, 0.1) is 0 Å². The topological polar surface area (TPSA) is 90.9 Å². The van der Waals surface area contributed by atoms with Crippen LogP contribution < -0.4 is 0 Å². The van der Waals surface area contributed by atoms with Crippen molar-refractivity contribution in [2.75, 3.05) is 92.5 Å². The van der Waals surface area contributed by atoms with E-state index in [0.717, 1.165) is 0 Å². The monoisotopic (exact) mass is 410 g/mol. The molecule has 9 nitrogen and oxygen atoms in total. The molecule has 28 heavy (non-hydrogen) atoms. The van der Waals surface area contributed by atoms with Crippen LogP contribution in [0.3, 0.4) is 0 Å². The summed E-state index contributed by atoms with van der Waals surface area (Å²) in [5.74, 6) is -0.304. The molecule has 168 valence electrons. The Kier molecular flexibility index (Phi) is 21.8. The summed E-state index contributed by atoms with van der Waals surface area (Å²) in [5.41, 5.74) is 0. The zero-order chi connectivity index (χ0) is 20.7. The first-order chi connectivity index (χ1) is 13.6. The van der Waals surface area contributed by atoms with Crippen LogP contribution in [0.1, 0.15) is 20.8 Å². The summed E-state index contributed by atoms with van der Waals surface area (Å²) in [6.45, 7) is 12.3. The van der Waals surface area contributed by atoms with E-state index in [-0.39, 0.29) is 18.7 Å². The third-order valence-electron chi connectivity index (χ3n) is 3.07. The van der Waals surface area contributed by atoms with Gasteiger partial charge < -0.3 is 37.9 Å². The average Bonchev–Trinajstić information content (AvgIpc) is 2.65. The molecule has 0 rings (SSSR count). The largest absolute Gasteiger partial charge is 0.463 e. The van der Waals surface area contributed by atoms with Crippen molar-refractivity contribution in [2.45, 2.75) is 26.9 Å². The molecule has 0 aromatic heterocycles. The van der Waals surface area contributed by atoms with E-state index in [4.69, 9.17) is 37.9 Å². The molecular weight excluding hydrogens is 372 g/mol. The highest BCUT2D eigenvalue weighted by Crippen LogP contribution is 1.88. The summed E-state index contributed by atoms with van der Waals surface area (Å²) in [7, 11) is 0. The Hall–Kier alpha value is -0.810. The molecule has 0 saturated heterocycles. The van der Waals surface area contributed by atoms with Crippen LogP contribution in [-0.4, -0.2) is 105 Å². The van der Waals surface area contributed by atoms with Gasteiger partial charge in [0.25, 0.3) is 0 Å². The Labute approximate surface area is 168 Å². The normalized spacial score (nSPS) is 11.3. The van der Waals surface area contributed by atoms with Gasteiger partial charge in [0.05, 0.1) is 92.0 Å². The second-order valence-corrected chi connectivity index (χ2v) is 5.93. The second-order valence-electron chi connectivity index (χ2n) is 5.93. The molecule has 0 aliphatic rings. The lowest BCUT2D eigenvalue weighted by atomic mass is 10.5. The first-order valence-corrected chi connectivity index (χ1v) is 9.84. The summed E-state index contributed by atoms with van der Waals surface area (Å²) in [4.78, 5) is 10.5. The molecule has 0 fully saturated rings. The summed E-state index contributed by atoms with van der Waals surface area (Å²) in [6, 6.07) is 0. The van der Waals surface area contributed by atoms with Crippen molar-refractivity contribution in [1.82, 2.24) is 0 Å². The van der Waals surface area contributed by atoms with Crippen LogP contribution in [0.2, 0.25) is 0 Å². The van der Waals surface area contributed by atoms with Crippen molar-refractivity contribution in [3.8, 4) is 0 Å². The molecule has 0 atom stereocenters. The molecule has 9 heteroatoms. The van der Waals surface area contributed by atoms with Crippen molar-refractivity contribution < 1.29 is 42.7 Å². The Bertz CT molecular complexity index is 327. The van der Waals surface area contributed by atoms with E-state index in [1.54, 1.807) is 0 Å². The van der Waals surface area contributed by atoms with Crippen LogP contribution in [0.5, 0.6) is 0 Å². The zero-order valence-electron chi connectivity index (χ0n) is 17.7. The Morgan fingerprint density at radius 3 is 1.11 bits per heavy atom. The van der Waals surface area contributed by atoms with Gasteiger partial charge >= 0.3 is 5.97 Å². The molecule has 0 aromatic carbocycles. The quantitative estimate of drug-likeness (QED) is 0.192. The zero-order valence-corrected chi connectivity index (χ0v) is 17.7. The Balaban J connectivity index is 3.00. The van der Waals surface area contributed by atoms with E-state index >= 15 is 0 Å². The van der Waals surface area contributed by atoms with Crippen molar-refractivity contribution in [2.24, 2.45) is 0 Å². The van der Waals surface area contributed by atoms with Gasteiger partial charge in [-0.3, -0.25) is 4.79 Å². The fourth-order valence-corrected chi connectivity index (χ4v) is 1.79. The minimum atomic E-state index is -0.304. The third kappa shape index (κ3) is 25.2. The molecule has 0 spiro atoms. The maximum absolute atomic E-state index is 10.5. The molecule has 0 aliphatic heterocycles. The fraction of sp³-hybridized carbons (Fsp3) is 0.947. The van der Waals surface area contributed by atoms with Gasteiger partial charge in [-0.15, -0.1) is 0 Å². The smallest absolute Gasteiger partial charge is 0.302 e. The number of carbonyl (C=O) groups excluding carboxylic acids is 1. The highest BCUT2D eigenvalue weighted by atomic mass is 16.6. The predicted molar refractivity (Wildman–Crippen MR) is 103 cm³/mol. The van der Waals surface area contributed by atoms with Crippen molar-refractivity contribution in [1.29, 1.82) is 0 Å². The van der Waals surface area contributed by atoms with Gasteiger partial charge in [-0.25, -0.2) is 0 Å². The lowest BCUT2D eigenvalue weighted by molar-refractivity contribution is -0.142. The van der Waals surface area contributed by atoms with E-state index in [0.29, 0.717) is 85.9 Å². The standard InChI is InChI=1S/C19H38O9/c1-18(2)27-16-14-25-12-10-23-8-6-21-4-5-22-7-9-24-11-13-26-15-17-28-19(3)20/h18H,4-17H2,1-3H3. The third-order valence-corrected chi connectivity index (χ3v) is 3.07. The molecular formula is C19H38O9. The van der Waals surface area contributed by atoms with Crippen molar-refractivity contribution in [3.63, 3.8) is 0 Å². The van der Waals surface area contributed by atoms with E-state index in [2.05, 4.69) is 0 Å². The molecule has 0 radical (unpaired) electrons. The van der Waals surface area contributed by atoms with Gasteiger partial charge in [-0.05, 0) is 13.8 Å². The first-order valence-electron chi connectivity index (χ1n) is 9.84. The summed E-state index contributed by atoms with van der Waals surface area (Å²) >= 11 is 0. The number of esters is 1. The Morgan fingerprint density at radius 2 is 0.821 bits per heavy atom. The SMILES string of the molecule is CC(=O)OCCOCCOCCOCCOCCOCCOCCOC(C)C. The minimum Gasteiger partial charge on any atom is -0.463 e. The lowest BCUT2D eigenvalue weighted by Gasteiger charge is -2.09. The number of carbonyl (C=O) groups is 1.